The smallest absolute Gasteiger partial charge is 0.316 e. The largest absolute Gasteiger partial charge is 0.465 e. The number of hydrogen-bond acceptors (Lipinski definition) is 5. The number of aliphatic hydroxyl groups is 1. The van der Waals surface area contributed by atoms with Crippen molar-refractivity contribution in [2.45, 2.75) is 99.1 Å². The molecule has 6 atom stereocenters. The SMILES string of the molecule is CCOC(=O)C(C)C(=O)C(C)C(O)[C@H](C)[C@@H](O[Si](C)(C)C(C)(C)C)[C@@H](C)CC. The van der Waals surface area contributed by atoms with Gasteiger partial charge < -0.3 is 14.3 Å². The Balaban J connectivity index is 5.49. The minimum absolute atomic E-state index is 0.0588. The second-order valence-corrected chi connectivity index (χ2v) is 14.5. The van der Waals surface area contributed by atoms with Gasteiger partial charge in [0.2, 0.25) is 0 Å². The first-order valence-corrected chi connectivity index (χ1v) is 13.6. The number of esters is 1. The Hall–Kier alpha value is -0.723. The highest BCUT2D eigenvalue weighted by Gasteiger charge is 2.44. The van der Waals surface area contributed by atoms with Gasteiger partial charge in [0.15, 0.2) is 14.1 Å². The van der Waals surface area contributed by atoms with Crippen LogP contribution in [0, 0.1) is 23.7 Å². The standard InChI is InChI=1S/C22H44O5Si/c1-12-14(3)20(27-28(10,11)22(7,8)9)16(5)18(23)15(4)19(24)17(6)21(25)26-13-2/h14-18,20,23H,12-13H2,1-11H3/t14-,15?,16-,17?,18?,20-/m0/s1. The zero-order valence-corrected chi connectivity index (χ0v) is 21.0. The number of ketones is 1. The molecule has 0 spiro atoms. The van der Waals surface area contributed by atoms with E-state index in [1.165, 1.54) is 0 Å². The molecule has 0 bridgehead atoms. The molecule has 0 radical (unpaired) electrons. The lowest BCUT2D eigenvalue weighted by atomic mass is 9.80. The summed E-state index contributed by atoms with van der Waals surface area (Å²) in [6, 6.07) is 0. The van der Waals surface area contributed by atoms with E-state index in [4.69, 9.17) is 9.16 Å². The highest BCUT2D eigenvalue weighted by Crippen LogP contribution is 2.40. The third kappa shape index (κ3) is 6.96. The summed E-state index contributed by atoms with van der Waals surface area (Å²) in [5.41, 5.74) is 0. The monoisotopic (exact) mass is 416 g/mol. The molecule has 5 nitrogen and oxygen atoms in total. The van der Waals surface area contributed by atoms with Crippen LogP contribution in [0.2, 0.25) is 18.1 Å². The molecule has 0 fully saturated rings. The Kier molecular flexibility index (Phi) is 10.6. The Morgan fingerprint density at radius 2 is 1.54 bits per heavy atom. The van der Waals surface area contributed by atoms with Gasteiger partial charge in [0, 0.05) is 11.8 Å². The van der Waals surface area contributed by atoms with Gasteiger partial charge in [-0.2, -0.15) is 0 Å². The molecule has 0 rings (SSSR count). The lowest BCUT2D eigenvalue weighted by molar-refractivity contribution is -0.153. The van der Waals surface area contributed by atoms with Crippen LogP contribution in [0.1, 0.15) is 68.7 Å². The lowest BCUT2D eigenvalue weighted by Crippen LogP contribution is -2.50. The van der Waals surface area contributed by atoms with E-state index in [2.05, 4.69) is 47.7 Å². The maximum atomic E-state index is 12.7. The summed E-state index contributed by atoms with van der Waals surface area (Å²) in [5.74, 6) is -2.33. The topological polar surface area (TPSA) is 72.8 Å². The fourth-order valence-corrected chi connectivity index (χ4v) is 4.57. The van der Waals surface area contributed by atoms with E-state index < -0.39 is 32.2 Å². The van der Waals surface area contributed by atoms with Crippen molar-refractivity contribution < 1.29 is 23.9 Å². The van der Waals surface area contributed by atoms with Crippen molar-refractivity contribution in [1.82, 2.24) is 0 Å². The number of Topliss-reactive ketones (excluding diaryl/α,β-unsaturated/α-hetero) is 1. The number of carbonyl (C=O) groups is 2. The minimum Gasteiger partial charge on any atom is -0.465 e. The normalized spacial score (nSPS) is 19.3. The summed E-state index contributed by atoms with van der Waals surface area (Å²) < 4.78 is 11.7. The summed E-state index contributed by atoms with van der Waals surface area (Å²) in [6.07, 6.45) is -0.0973. The first-order chi connectivity index (χ1) is 12.6. The molecule has 28 heavy (non-hydrogen) atoms. The minimum atomic E-state index is -2.04. The molecular weight excluding hydrogens is 372 g/mol. The van der Waals surface area contributed by atoms with E-state index in [0.717, 1.165) is 6.42 Å². The Labute approximate surface area is 173 Å². The van der Waals surface area contributed by atoms with Gasteiger partial charge in [0.05, 0.1) is 18.8 Å². The van der Waals surface area contributed by atoms with Crippen LogP contribution in [-0.2, 0) is 18.8 Å². The molecule has 0 aromatic carbocycles. The predicted octanol–water partition coefficient (Wildman–Crippen LogP) is 4.82. The zero-order chi connectivity index (χ0) is 22.4. The molecule has 0 amide bonds. The van der Waals surface area contributed by atoms with E-state index in [0.29, 0.717) is 0 Å². The Morgan fingerprint density at radius 1 is 1.04 bits per heavy atom. The summed E-state index contributed by atoms with van der Waals surface area (Å²) in [4.78, 5) is 24.6. The summed E-state index contributed by atoms with van der Waals surface area (Å²) in [7, 11) is -2.04. The second kappa shape index (κ2) is 10.9. The molecule has 0 aliphatic rings. The van der Waals surface area contributed by atoms with Gasteiger partial charge in [-0.3, -0.25) is 9.59 Å². The van der Waals surface area contributed by atoms with Crippen molar-refractivity contribution >= 4 is 20.1 Å². The van der Waals surface area contributed by atoms with Gasteiger partial charge in [0.1, 0.15) is 5.92 Å². The highest BCUT2D eigenvalue weighted by atomic mass is 28.4. The fraction of sp³-hybridized carbons (Fsp3) is 0.909. The van der Waals surface area contributed by atoms with Crippen LogP contribution in [0.4, 0.5) is 0 Å². The molecule has 0 aromatic rings. The number of rotatable bonds is 11. The third-order valence-corrected chi connectivity index (χ3v) is 11.0. The van der Waals surface area contributed by atoms with E-state index in [9.17, 15) is 14.7 Å². The van der Waals surface area contributed by atoms with Crippen molar-refractivity contribution in [3.63, 3.8) is 0 Å². The van der Waals surface area contributed by atoms with Crippen LogP contribution in [-0.4, -0.2) is 44.0 Å². The second-order valence-electron chi connectivity index (χ2n) is 9.74. The molecule has 1 N–H and O–H groups in total. The number of ether oxygens (including phenoxy) is 1. The predicted molar refractivity (Wildman–Crippen MR) is 117 cm³/mol. The number of carbonyl (C=O) groups excluding carboxylic acids is 2. The molecule has 0 aliphatic carbocycles. The molecule has 6 heteroatoms. The number of hydrogen-bond donors (Lipinski definition) is 1. The zero-order valence-electron chi connectivity index (χ0n) is 20.0. The van der Waals surface area contributed by atoms with Gasteiger partial charge in [-0.15, -0.1) is 0 Å². The summed E-state index contributed by atoms with van der Waals surface area (Å²) >= 11 is 0. The third-order valence-electron chi connectivity index (χ3n) is 6.53. The van der Waals surface area contributed by atoms with Gasteiger partial charge in [-0.25, -0.2) is 0 Å². The maximum Gasteiger partial charge on any atom is 0.316 e. The Bertz CT molecular complexity index is 512. The average molecular weight is 417 g/mol. The van der Waals surface area contributed by atoms with Gasteiger partial charge in [0.25, 0.3) is 0 Å². The maximum absolute atomic E-state index is 12.7. The van der Waals surface area contributed by atoms with Crippen molar-refractivity contribution in [2.75, 3.05) is 6.61 Å². The van der Waals surface area contributed by atoms with Crippen LogP contribution in [0.5, 0.6) is 0 Å². The van der Waals surface area contributed by atoms with Crippen LogP contribution in [0.25, 0.3) is 0 Å². The van der Waals surface area contributed by atoms with Crippen LogP contribution >= 0.6 is 0 Å². The molecule has 3 unspecified atom stereocenters. The molecule has 166 valence electrons. The van der Waals surface area contributed by atoms with Gasteiger partial charge >= 0.3 is 5.97 Å². The highest BCUT2D eigenvalue weighted by molar-refractivity contribution is 6.74. The van der Waals surface area contributed by atoms with E-state index in [1.54, 1.807) is 20.8 Å². The van der Waals surface area contributed by atoms with Crippen LogP contribution < -0.4 is 0 Å². The van der Waals surface area contributed by atoms with Crippen LogP contribution in [0.15, 0.2) is 0 Å². The van der Waals surface area contributed by atoms with Gasteiger partial charge in [-0.05, 0) is 37.9 Å². The van der Waals surface area contributed by atoms with Crippen LogP contribution in [0.3, 0.4) is 0 Å². The summed E-state index contributed by atoms with van der Waals surface area (Å²) in [5, 5.41) is 11.1. The fourth-order valence-electron chi connectivity index (χ4n) is 3.09. The summed E-state index contributed by atoms with van der Waals surface area (Å²) in [6.45, 7) is 22.4. The molecule has 0 heterocycles. The van der Waals surface area contributed by atoms with E-state index >= 15 is 0 Å². The first kappa shape index (κ1) is 27.3. The molecule has 0 saturated carbocycles. The lowest BCUT2D eigenvalue weighted by Gasteiger charge is -2.44. The van der Waals surface area contributed by atoms with Crippen molar-refractivity contribution in [3.8, 4) is 0 Å². The molecule has 0 aliphatic heterocycles. The van der Waals surface area contributed by atoms with Crippen molar-refractivity contribution in [2.24, 2.45) is 23.7 Å². The number of aliphatic hydroxyl groups excluding tert-OH is 1. The van der Waals surface area contributed by atoms with Crippen molar-refractivity contribution in [3.05, 3.63) is 0 Å². The van der Waals surface area contributed by atoms with Gasteiger partial charge in [-0.1, -0.05) is 54.9 Å². The molecule has 0 aromatic heterocycles. The Morgan fingerprint density at radius 3 is 1.93 bits per heavy atom. The van der Waals surface area contributed by atoms with E-state index in [1.807, 2.05) is 6.92 Å². The average Bonchev–Trinajstić information content (AvgIpc) is 2.61. The first-order valence-electron chi connectivity index (χ1n) is 10.7. The van der Waals surface area contributed by atoms with Crippen molar-refractivity contribution in [1.29, 1.82) is 0 Å². The molecular formula is C22H44O5Si. The quantitative estimate of drug-likeness (QED) is 0.297. The van der Waals surface area contributed by atoms with E-state index in [-0.39, 0.29) is 35.4 Å². The molecule has 0 saturated heterocycles.